The van der Waals surface area contributed by atoms with Crippen LogP contribution in [0.25, 0.3) is 45.1 Å². The lowest BCUT2D eigenvalue weighted by atomic mass is 9.95. The monoisotopic (exact) mass is 1130 g/mol. The van der Waals surface area contributed by atoms with Crippen LogP contribution >= 0.6 is 22.9 Å². The number of nitriles is 2. The van der Waals surface area contributed by atoms with Gasteiger partial charge in [0, 0.05) is 77.4 Å². The Morgan fingerprint density at radius 2 is 1.77 bits per heavy atom. The standard InChI is InChI=1S/C52H44ClF3N10O8S.C2H3N.C2H6/c1-3-28(39-31(20-57)45(58)75-38(39)19-54)40-33(53)16-30-43(41(40)56)61-50(74-24-52-6-4-8-65(52)9-5-7-52)62-46(30)63-10-12-64(13-11-63)47(68)25(2)22-73-51(71)60-36-15-26-14-27-21-66-37(42(27)59-35(26)18-34(36)55)17-29-32(48(66)69)23-72-49(70)44(29)67;1-2-3;1-2/h3,14-19,44,67H,1-2,4-13,21-24,58H2,(H,60,71);1H3;1-2H3/b38-19-,39-28+;;. The number of halogens is 4. The van der Waals surface area contributed by atoms with Crippen molar-refractivity contribution in [2.75, 3.05) is 68.4 Å². The number of cyclic esters (lactones) is 1. The van der Waals surface area contributed by atoms with Crippen molar-refractivity contribution in [3.63, 3.8) is 0 Å². The molecule has 5 aliphatic rings. The number of aromatic nitrogens is 4. The SMILES string of the molecule is C=C/C(c1c(Cl)cc2c(N3CCN(C(=O)C(=C)COC(=O)Nc4cc5cc6c(nc5cc4F)-c4cc5c(c(=O)n4C6)COC(=O)C5O)CC3)nc(OCC34CCCN3CCC4)nc2c1F)=c1/c(C#N)c(N)s/c1=C\F.CC.CC#N. The number of nitrogen functional groups attached to an aromatic ring is 1. The van der Waals surface area contributed by atoms with Gasteiger partial charge in [0.2, 0.25) is 0 Å². The number of pyridine rings is 2. The van der Waals surface area contributed by atoms with Crippen molar-refractivity contribution in [2.45, 2.75) is 71.2 Å². The van der Waals surface area contributed by atoms with Crippen LogP contribution in [0.5, 0.6) is 6.01 Å². The first-order valence-electron chi connectivity index (χ1n) is 25.6. The molecule has 0 spiro atoms. The number of piperazine rings is 1. The summed E-state index contributed by atoms with van der Waals surface area (Å²) < 4.78 is 65.1. The van der Waals surface area contributed by atoms with E-state index in [9.17, 15) is 33.9 Å². The van der Waals surface area contributed by atoms with E-state index in [1.54, 1.807) is 12.1 Å². The van der Waals surface area contributed by atoms with Crippen molar-refractivity contribution in [3.8, 4) is 29.5 Å². The van der Waals surface area contributed by atoms with Gasteiger partial charge in [-0.05, 0) is 68.6 Å². The van der Waals surface area contributed by atoms with Crippen molar-refractivity contribution < 1.29 is 46.9 Å². The van der Waals surface area contributed by atoms with Crippen LogP contribution in [0.15, 0.2) is 59.9 Å². The van der Waals surface area contributed by atoms with Crippen LogP contribution in [0, 0.1) is 34.3 Å². The maximum Gasteiger partial charge on any atom is 0.412 e. The summed E-state index contributed by atoms with van der Waals surface area (Å²) >= 11 is 7.72. The van der Waals surface area contributed by atoms with Crippen LogP contribution in [-0.4, -0.2) is 110 Å². The van der Waals surface area contributed by atoms with Crippen LogP contribution in [0.2, 0.25) is 5.02 Å². The van der Waals surface area contributed by atoms with Crippen molar-refractivity contribution in [1.82, 2.24) is 29.3 Å². The summed E-state index contributed by atoms with van der Waals surface area (Å²) in [6.07, 6.45) is 2.76. The molecule has 0 saturated carbocycles. The lowest BCUT2D eigenvalue weighted by molar-refractivity contribution is -0.157. The molecule has 19 nitrogen and oxygen atoms in total. The lowest BCUT2D eigenvalue weighted by Crippen LogP contribution is -2.49. The third kappa shape index (κ3) is 10.2. The molecule has 2 amide bonds. The number of hydrogen-bond donors (Lipinski definition) is 3. The second-order valence-electron chi connectivity index (χ2n) is 19.1. The number of aliphatic hydroxyl groups excluding tert-OH is 1. The number of allylic oxidation sites excluding steroid dienone is 1. The minimum Gasteiger partial charge on any atom is -0.461 e. The zero-order valence-corrected chi connectivity index (χ0v) is 45.3. The molecule has 5 aliphatic heterocycles. The first kappa shape index (κ1) is 56.4. The van der Waals surface area contributed by atoms with Crippen molar-refractivity contribution in [2.24, 2.45) is 0 Å². The zero-order chi connectivity index (χ0) is 57.3. The highest BCUT2D eigenvalue weighted by atomic mass is 35.5. The molecule has 11 rings (SSSR count). The van der Waals surface area contributed by atoms with E-state index in [1.165, 1.54) is 40.7 Å². The maximum atomic E-state index is 17.3. The molecule has 9 heterocycles. The summed E-state index contributed by atoms with van der Waals surface area (Å²) in [6, 6.07) is 10.8. The van der Waals surface area contributed by atoms with Crippen molar-refractivity contribution >= 4 is 91.1 Å². The number of thiophene rings is 1. The fourth-order valence-electron chi connectivity index (χ4n) is 11.0. The highest BCUT2D eigenvalue weighted by Crippen LogP contribution is 2.41. The largest absolute Gasteiger partial charge is 0.461 e. The Morgan fingerprint density at radius 3 is 2.45 bits per heavy atom. The molecule has 6 aromatic rings. The lowest BCUT2D eigenvalue weighted by Gasteiger charge is -2.36. The molecule has 0 radical (unpaired) electrons. The van der Waals surface area contributed by atoms with Gasteiger partial charge >= 0.3 is 18.1 Å². The van der Waals surface area contributed by atoms with E-state index in [4.69, 9.17) is 41.8 Å². The highest BCUT2D eigenvalue weighted by Gasteiger charge is 2.45. The minimum atomic E-state index is -1.63. The number of carbonyl (C=O) groups is 3. The molecular formula is C56H53ClF3N11O8S. The molecule has 1 atom stereocenters. The van der Waals surface area contributed by atoms with Gasteiger partial charge in [-0.3, -0.25) is 19.8 Å². The second-order valence-corrected chi connectivity index (χ2v) is 20.6. The summed E-state index contributed by atoms with van der Waals surface area (Å²) in [7, 11) is 0. The fourth-order valence-corrected chi connectivity index (χ4v) is 12.1. The Morgan fingerprint density at radius 1 is 1.06 bits per heavy atom. The van der Waals surface area contributed by atoms with E-state index in [-0.39, 0.29) is 145 Å². The highest BCUT2D eigenvalue weighted by molar-refractivity contribution is 7.14. The molecule has 4 aromatic heterocycles. The predicted molar refractivity (Wildman–Crippen MR) is 295 cm³/mol. The number of carbonyl (C=O) groups excluding carboxylic acids is 3. The summed E-state index contributed by atoms with van der Waals surface area (Å²) in [4.78, 5) is 71.8. The average Bonchev–Trinajstić information content (AvgIpc) is 4.32. The maximum absolute atomic E-state index is 17.3. The van der Waals surface area contributed by atoms with Crippen LogP contribution in [-0.2, 0) is 32.2 Å². The molecule has 0 aliphatic carbocycles. The number of ether oxygens (including phenoxy) is 3. The van der Waals surface area contributed by atoms with E-state index >= 15 is 8.78 Å². The Kier molecular flexibility index (Phi) is 16.3. The first-order valence-corrected chi connectivity index (χ1v) is 26.8. The number of aliphatic hydroxyl groups is 1. The summed E-state index contributed by atoms with van der Waals surface area (Å²) in [5.74, 6) is -2.83. The number of anilines is 3. The summed E-state index contributed by atoms with van der Waals surface area (Å²) in [5.41, 5.74) is 6.57. The van der Waals surface area contributed by atoms with Crippen LogP contribution in [0.1, 0.15) is 80.4 Å². The van der Waals surface area contributed by atoms with E-state index < -0.39 is 47.9 Å². The molecule has 414 valence electrons. The Hall–Kier alpha value is -8.35. The molecule has 0 bridgehead atoms. The van der Waals surface area contributed by atoms with Crippen molar-refractivity contribution in [1.29, 1.82) is 10.5 Å². The number of nitrogens with one attached hydrogen (secondary N) is 1. The Labute approximate surface area is 464 Å². The van der Waals surface area contributed by atoms with Gasteiger partial charge in [-0.15, -0.1) is 11.3 Å². The Balaban J connectivity index is 0.00000150. The number of nitrogens with zero attached hydrogens (tertiary/aromatic N) is 9. The van der Waals surface area contributed by atoms with E-state index in [0.717, 1.165) is 56.2 Å². The number of nitrogens with two attached hydrogens (primary N) is 1. The molecule has 3 saturated heterocycles. The number of hydrogen-bond acceptors (Lipinski definition) is 17. The smallest absolute Gasteiger partial charge is 0.412 e. The molecular weight excluding hydrogens is 1080 g/mol. The third-order valence-electron chi connectivity index (χ3n) is 14.7. The van der Waals surface area contributed by atoms with Gasteiger partial charge in [-0.1, -0.05) is 44.7 Å². The normalized spacial score (nSPS) is 17.3. The topological polar surface area (TPSA) is 255 Å². The zero-order valence-electron chi connectivity index (χ0n) is 43.8. The van der Waals surface area contributed by atoms with E-state index in [1.807, 2.05) is 24.8 Å². The molecule has 1 unspecified atom stereocenters. The van der Waals surface area contributed by atoms with Gasteiger partial charge in [0.1, 0.15) is 54.4 Å². The fraction of sp³-hybridized carbons (Fsp3) is 0.339. The molecule has 3 fully saturated rings. The third-order valence-corrected chi connectivity index (χ3v) is 15.9. The number of benzene rings is 2. The van der Waals surface area contributed by atoms with Crippen LogP contribution in [0.3, 0.4) is 0 Å². The number of fused-ring (bicyclic) bond motifs is 7. The minimum absolute atomic E-state index is 0.0166. The van der Waals surface area contributed by atoms with Crippen LogP contribution in [0.4, 0.5) is 34.5 Å². The Bertz CT molecular complexity index is 3860. The molecule has 2 aromatic carbocycles. The number of amides is 2. The van der Waals surface area contributed by atoms with E-state index in [2.05, 4.69) is 33.3 Å². The molecule has 24 heteroatoms. The van der Waals surface area contributed by atoms with Gasteiger partial charge in [-0.2, -0.15) is 20.5 Å². The van der Waals surface area contributed by atoms with Gasteiger partial charge < -0.3 is 39.4 Å². The quantitative estimate of drug-likeness (QED) is 0.0919. The second kappa shape index (κ2) is 23.2. The van der Waals surface area contributed by atoms with Crippen LogP contribution < -0.4 is 36.0 Å². The molecule has 4 N–H and O–H groups in total. The van der Waals surface area contributed by atoms with E-state index in [0.29, 0.717) is 22.3 Å². The molecule has 80 heavy (non-hydrogen) atoms. The number of esters is 1. The number of rotatable bonds is 10. The first-order chi connectivity index (χ1) is 38.5. The van der Waals surface area contributed by atoms with Gasteiger partial charge in [-0.25, -0.2) is 27.7 Å². The van der Waals surface area contributed by atoms with Gasteiger partial charge in [0.25, 0.3) is 11.5 Å². The van der Waals surface area contributed by atoms with Gasteiger partial charge in [0.05, 0.1) is 61.4 Å². The predicted octanol–water partition coefficient (Wildman–Crippen LogP) is 7.01. The summed E-state index contributed by atoms with van der Waals surface area (Å²) in [5, 5.41) is 30.7. The average molecular weight is 1130 g/mol. The summed E-state index contributed by atoms with van der Waals surface area (Å²) in [6.45, 7) is 15.3. The van der Waals surface area contributed by atoms with Gasteiger partial charge in [0.15, 0.2) is 11.9 Å². The van der Waals surface area contributed by atoms with Crippen molar-refractivity contribution in [3.05, 3.63) is 120 Å².